The van der Waals surface area contributed by atoms with Crippen molar-refractivity contribution in [2.24, 2.45) is 0 Å². The Balaban J connectivity index is 0.000000261. The molecule has 0 saturated carbocycles. The standard InChI is InChI=1S/C21H28N2O.C7H8O3S/c1-23(2)15-18(16-8-4-3-5-9-16)14-21(24)20-13-12-17-10-6-7-11-19(17)22-20;1-6-2-4-7(5-3-6)11(8,9)10/h3-11,18,20-22,24H,12-15H2,1-2H3;2-5H,1H3,(H,8,9,10). The summed E-state index contributed by atoms with van der Waals surface area (Å²) in [4.78, 5) is 2.14. The first-order chi connectivity index (χ1) is 16.6. The number of fused-ring (bicyclic) bond motifs is 1. The zero-order valence-electron chi connectivity index (χ0n) is 20.6. The molecule has 3 N–H and O–H groups in total. The van der Waals surface area contributed by atoms with Gasteiger partial charge in [-0.1, -0.05) is 66.2 Å². The van der Waals surface area contributed by atoms with Gasteiger partial charge in [-0.2, -0.15) is 8.42 Å². The van der Waals surface area contributed by atoms with E-state index in [1.165, 1.54) is 28.9 Å². The molecule has 3 aromatic carbocycles. The van der Waals surface area contributed by atoms with Gasteiger partial charge in [-0.25, -0.2) is 0 Å². The molecule has 188 valence electrons. The van der Waals surface area contributed by atoms with E-state index in [-0.39, 0.29) is 17.0 Å². The molecule has 1 aliphatic heterocycles. The van der Waals surface area contributed by atoms with Crippen LogP contribution in [0.15, 0.2) is 83.8 Å². The summed E-state index contributed by atoms with van der Waals surface area (Å²) < 4.78 is 29.6. The van der Waals surface area contributed by atoms with Crippen LogP contribution in [0.25, 0.3) is 0 Å². The van der Waals surface area contributed by atoms with Gasteiger partial charge in [0.25, 0.3) is 10.1 Å². The number of hydrogen-bond donors (Lipinski definition) is 3. The predicted octanol–water partition coefficient (Wildman–Crippen LogP) is 4.75. The molecule has 4 rings (SSSR count). The lowest BCUT2D eigenvalue weighted by molar-refractivity contribution is 0.124. The van der Waals surface area contributed by atoms with Gasteiger partial charge in [-0.05, 0) is 75.5 Å². The third-order valence-electron chi connectivity index (χ3n) is 6.25. The summed E-state index contributed by atoms with van der Waals surface area (Å²) in [6.45, 7) is 2.79. The van der Waals surface area contributed by atoms with E-state index in [1.54, 1.807) is 12.1 Å². The second-order valence-corrected chi connectivity index (χ2v) is 10.8. The van der Waals surface area contributed by atoms with E-state index in [1.807, 2.05) is 13.0 Å². The third-order valence-corrected chi connectivity index (χ3v) is 7.12. The Morgan fingerprint density at radius 1 is 0.971 bits per heavy atom. The maximum atomic E-state index is 10.9. The highest BCUT2D eigenvalue weighted by atomic mass is 32.2. The zero-order valence-corrected chi connectivity index (χ0v) is 21.4. The van der Waals surface area contributed by atoms with Gasteiger partial charge in [0.15, 0.2) is 0 Å². The Morgan fingerprint density at radius 2 is 1.60 bits per heavy atom. The maximum absolute atomic E-state index is 10.9. The molecule has 7 heteroatoms. The van der Waals surface area contributed by atoms with Crippen LogP contribution >= 0.6 is 0 Å². The van der Waals surface area contributed by atoms with Gasteiger partial charge < -0.3 is 15.3 Å². The minimum absolute atomic E-state index is 0.0666. The van der Waals surface area contributed by atoms with Crippen LogP contribution in [0.3, 0.4) is 0 Å². The zero-order chi connectivity index (χ0) is 25.4. The molecule has 0 aromatic heterocycles. The van der Waals surface area contributed by atoms with Crippen molar-refractivity contribution in [2.75, 3.05) is 26.0 Å². The lowest BCUT2D eigenvalue weighted by Gasteiger charge is -2.33. The van der Waals surface area contributed by atoms with Gasteiger partial charge in [0, 0.05) is 12.2 Å². The molecule has 6 nitrogen and oxygen atoms in total. The average molecular weight is 497 g/mol. The summed E-state index contributed by atoms with van der Waals surface area (Å²) in [6.07, 6.45) is 2.46. The number of para-hydroxylation sites is 1. The third kappa shape index (κ3) is 8.18. The molecule has 35 heavy (non-hydrogen) atoms. The number of nitrogens with one attached hydrogen (secondary N) is 1. The molecule has 3 aromatic rings. The highest BCUT2D eigenvalue weighted by Gasteiger charge is 2.27. The van der Waals surface area contributed by atoms with Crippen molar-refractivity contribution < 1.29 is 18.1 Å². The van der Waals surface area contributed by atoms with E-state index in [0.29, 0.717) is 5.92 Å². The monoisotopic (exact) mass is 496 g/mol. The highest BCUT2D eigenvalue weighted by Crippen LogP contribution is 2.29. The van der Waals surface area contributed by atoms with Gasteiger partial charge in [0.2, 0.25) is 0 Å². The van der Waals surface area contributed by atoms with Crippen LogP contribution in [0.4, 0.5) is 5.69 Å². The van der Waals surface area contributed by atoms with Crippen LogP contribution in [0, 0.1) is 6.92 Å². The lowest BCUT2D eigenvalue weighted by Crippen LogP contribution is -2.38. The van der Waals surface area contributed by atoms with Gasteiger partial charge in [0.1, 0.15) is 0 Å². The quantitative estimate of drug-likeness (QED) is 0.409. The van der Waals surface area contributed by atoms with E-state index in [2.05, 4.69) is 72.8 Å². The van der Waals surface area contributed by atoms with E-state index in [4.69, 9.17) is 4.55 Å². The molecule has 1 heterocycles. The second-order valence-electron chi connectivity index (χ2n) is 9.41. The fraction of sp³-hybridized carbons (Fsp3) is 0.357. The van der Waals surface area contributed by atoms with E-state index in [9.17, 15) is 13.5 Å². The Kier molecular flexibility index (Phi) is 9.46. The number of aliphatic hydroxyl groups excluding tert-OH is 1. The number of likely N-dealkylation sites (N-methyl/N-ethyl adjacent to an activating group) is 1. The van der Waals surface area contributed by atoms with Crippen LogP contribution < -0.4 is 5.32 Å². The molecular formula is C28H36N2O4S. The molecule has 3 atom stereocenters. The number of hydrogen-bond acceptors (Lipinski definition) is 5. The number of aryl methyl sites for hydroxylation is 2. The van der Waals surface area contributed by atoms with Crippen molar-refractivity contribution in [3.05, 3.63) is 95.6 Å². The smallest absolute Gasteiger partial charge is 0.294 e. The van der Waals surface area contributed by atoms with E-state index in [0.717, 1.165) is 31.4 Å². The van der Waals surface area contributed by atoms with Crippen molar-refractivity contribution in [1.82, 2.24) is 4.90 Å². The maximum Gasteiger partial charge on any atom is 0.294 e. The number of benzene rings is 3. The van der Waals surface area contributed by atoms with Crippen molar-refractivity contribution in [2.45, 2.75) is 49.1 Å². The highest BCUT2D eigenvalue weighted by molar-refractivity contribution is 7.85. The summed E-state index contributed by atoms with van der Waals surface area (Å²) in [7, 11) is 0.170. The number of nitrogens with zero attached hydrogens (tertiary/aromatic N) is 1. The minimum Gasteiger partial charge on any atom is -0.391 e. The van der Waals surface area contributed by atoms with Crippen LogP contribution in [0.5, 0.6) is 0 Å². The van der Waals surface area contributed by atoms with Crippen molar-refractivity contribution in [3.8, 4) is 0 Å². The Labute approximate surface area is 209 Å². The molecule has 0 fully saturated rings. The first-order valence-corrected chi connectivity index (χ1v) is 13.3. The van der Waals surface area contributed by atoms with Gasteiger partial charge in [0.05, 0.1) is 17.0 Å². The van der Waals surface area contributed by atoms with Crippen molar-refractivity contribution in [3.63, 3.8) is 0 Å². The van der Waals surface area contributed by atoms with Gasteiger partial charge >= 0.3 is 0 Å². The van der Waals surface area contributed by atoms with Crippen LogP contribution in [0.1, 0.15) is 35.4 Å². The van der Waals surface area contributed by atoms with Crippen LogP contribution in [0.2, 0.25) is 0 Å². The second kappa shape index (κ2) is 12.3. The first-order valence-electron chi connectivity index (χ1n) is 11.9. The Bertz CT molecular complexity index is 1170. The topological polar surface area (TPSA) is 89.9 Å². The molecule has 1 aliphatic rings. The molecular weight excluding hydrogens is 460 g/mol. The predicted molar refractivity (Wildman–Crippen MR) is 142 cm³/mol. The summed E-state index contributed by atoms with van der Waals surface area (Å²) >= 11 is 0. The Hall–Kier alpha value is -2.71. The summed E-state index contributed by atoms with van der Waals surface area (Å²) in [6, 6.07) is 25.1. The molecule has 0 spiro atoms. The van der Waals surface area contributed by atoms with E-state index >= 15 is 0 Å². The molecule has 0 bridgehead atoms. The molecule has 0 amide bonds. The van der Waals surface area contributed by atoms with Crippen LogP contribution in [-0.4, -0.2) is 55.8 Å². The molecule has 3 unspecified atom stereocenters. The SMILES string of the molecule is CN(C)CC(CC(O)C1CCc2ccccc2N1)c1ccccc1.Cc1ccc(S(=O)(=O)O)cc1. The largest absolute Gasteiger partial charge is 0.391 e. The fourth-order valence-electron chi connectivity index (χ4n) is 4.40. The summed E-state index contributed by atoms with van der Waals surface area (Å²) in [5.41, 5.74) is 4.80. The average Bonchev–Trinajstić information content (AvgIpc) is 2.83. The van der Waals surface area contributed by atoms with Gasteiger partial charge in [-0.3, -0.25) is 4.55 Å². The van der Waals surface area contributed by atoms with Gasteiger partial charge in [-0.15, -0.1) is 0 Å². The number of rotatable bonds is 7. The molecule has 0 aliphatic carbocycles. The van der Waals surface area contributed by atoms with Crippen LogP contribution in [-0.2, 0) is 16.5 Å². The molecule has 0 radical (unpaired) electrons. The molecule has 0 saturated heterocycles. The van der Waals surface area contributed by atoms with Crippen molar-refractivity contribution in [1.29, 1.82) is 0 Å². The number of anilines is 1. The normalized spacial score (nSPS) is 16.9. The van der Waals surface area contributed by atoms with E-state index < -0.39 is 10.1 Å². The Morgan fingerprint density at radius 3 is 2.23 bits per heavy atom. The van der Waals surface area contributed by atoms with Crippen molar-refractivity contribution >= 4 is 15.8 Å². The lowest BCUT2D eigenvalue weighted by atomic mass is 9.87. The number of aliphatic hydroxyl groups is 1. The minimum atomic E-state index is -4.02. The fourth-order valence-corrected chi connectivity index (χ4v) is 4.88. The first kappa shape index (κ1) is 26.9. The summed E-state index contributed by atoms with van der Waals surface area (Å²) in [5, 5.41) is 14.4. The summed E-state index contributed by atoms with van der Waals surface area (Å²) in [5.74, 6) is 0.343.